The number of sulfonamides is 1. The molecule has 0 fully saturated rings. The molecule has 0 heterocycles. The van der Waals surface area contributed by atoms with Crippen LogP contribution in [-0.2, 0) is 19.6 Å². The Labute approximate surface area is 199 Å². The number of nitrogens with one attached hydrogen (secondary N) is 1. The van der Waals surface area contributed by atoms with Crippen molar-refractivity contribution in [1.82, 2.24) is 0 Å². The summed E-state index contributed by atoms with van der Waals surface area (Å²) in [4.78, 5) is 25.4. The van der Waals surface area contributed by atoms with Gasteiger partial charge in [0.05, 0.1) is 35.6 Å². The average molecular weight is 483 g/mol. The number of para-hydroxylation sites is 1. The Hall–Kier alpha value is -3.85. The number of aryl methyl sites for hydroxylation is 1. The molecule has 0 saturated carbocycles. The standard InChI is InChI=1S/C25H26N2O6S/c1-4-33-25(29)20-12-8-9-13-21(20)26-24(28)17-27(22-16-18(2)14-15-23(22)32-3)34(30,31)19-10-6-5-7-11-19/h5-16H,4,17H2,1-3H3,(H,26,28). The molecule has 0 radical (unpaired) electrons. The molecular formula is C25H26N2O6S. The Balaban J connectivity index is 2.01. The van der Waals surface area contributed by atoms with Crippen LogP contribution in [-0.4, -0.2) is 40.6 Å². The van der Waals surface area contributed by atoms with Gasteiger partial charge in [-0.3, -0.25) is 9.10 Å². The highest BCUT2D eigenvalue weighted by Crippen LogP contribution is 2.33. The van der Waals surface area contributed by atoms with E-state index >= 15 is 0 Å². The molecule has 178 valence electrons. The van der Waals surface area contributed by atoms with Crippen LogP contribution < -0.4 is 14.4 Å². The number of hydrogen-bond acceptors (Lipinski definition) is 6. The molecule has 0 aliphatic heterocycles. The SMILES string of the molecule is CCOC(=O)c1ccccc1NC(=O)CN(c1cc(C)ccc1OC)S(=O)(=O)c1ccccc1. The van der Waals surface area contributed by atoms with Crippen molar-refractivity contribution in [1.29, 1.82) is 0 Å². The summed E-state index contributed by atoms with van der Waals surface area (Å²) in [5, 5.41) is 2.64. The maximum atomic E-state index is 13.6. The van der Waals surface area contributed by atoms with Crippen LogP contribution in [0.25, 0.3) is 0 Å². The van der Waals surface area contributed by atoms with Gasteiger partial charge >= 0.3 is 5.97 Å². The molecule has 0 saturated heterocycles. The number of hydrogen-bond donors (Lipinski definition) is 1. The molecule has 3 aromatic carbocycles. The summed E-state index contributed by atoms with van der Waals surface area (Å²) >= 11 is 0. The van der Waals surface area contributed by atoms with Gasteiger partial charge in [0.2, 0.25) is 5.91 Å². The smallest absolute Gasteiger partial charge is 0.340 e. The zero-order valence-corrected chi connectivity index (χ0v) is 20.0. The number of benzene rings is 3. The first-order valence-electron chi connectivity index (χ1n) is 10.6. The molecule has 1 amide bonds. The molecule has 0 aromatic heterocycles. The van der Waals surface area contributed by atoms with Gasteiger partial charge in [-0.25, -0.2) is 13.2 Å². The predicted octanol–water partition coefficient (Wildman–Crippen LogP) is 4.01. The number of rotatable bonds is 9. The number of anilines is 2. The van der Waals surface area contributed by atoms with E-state index in [1.807, 2.05) is 6.92 Å². The summed E-state index contributed by atoms with van der Waals surface area (Å²) in [7, 11) is -2.70. The molecule has 0 bridgehead atoms. The van der Waals surface area contributed by atoms with Crippen molar-refractivity contribution in [3.63, 3.8) is 0 Å². The number of nitrogens with zero attached hydrogens (tertiary/aromatic N) is 1. The van der Waals surface area contributed by atoms with Crippen LogP contribution in [0.4, 0.5) is 11.4 Å². The summed E-state index contributed by atoms with van der Waals surface area (Å²) in [6.45, 7) is 3.12. The van der Waals surface area contributed by atoms with E-state index in [2.05, 4.69) is 5.32 Å². The van der Waals surface area contributed by atoms with Crippen molar-refractivity contribution in [2.24, 2.45) is 0 Å². The Morgan fingerprint density at radius 2 is 1.65 bits per heavy atom. The van der Waals surface area contributed by atoms with E-state index in [-0.39, 0.29) is 28.4 Å². The largest absolute Gasteiger partial charge is 0.495 e. The summed E-state index contributed by atoms with van der Waals surface area (Å²) in [5.74, 6) is -0.933. The third-order valence-corrected chi connectivity index (χ3v) is 6.69. The highest BCUT2D eigenvalue weighted by atomic mass is 32.2. The zero-order chi connectivity index (χ0) is 24.7. The molecule has 1 N–H and O–H groups in total. The quantitative estimate of drug-likeness (QED) is 0.462. The molecule has 0 unspecified atom stereocenters. The molecule has 3 rings (SSSR count). The van der Waals surface area contributed by atoms with Gasteiger partial charge in [0.1, 0.15) is 12.3 Å². The van der Waals surface area contributed by atoms with E-state index in [0.717, 1.165) is 9.87 Å². The van der Waals surface area contributed by atoms with Gasteiger partial charge in [0.15, 0.2) is 0 Å². The molecule has 9 heteroatoms. The second kappa shape index (κ2) is 10.8. The van der Waals surface area contributed by atoms with Gasteiger partial charge in [-0.2, -0.15) is 0 Å². The zero-order valence-electron chi connectivity index (χ0n) is 19.1. The molecule has 3 aromatic rings. The van der Waals surface area contributed by atoms with E-state index in [4.69, 9.17) is 9.47 Å². The van der Waals surface area contributed by atoms with Gasteiger partial charge in [0.25, 0.3) is 10.0 Å². The van der Waals surface area contributed by atoms with Crippen LogP contribution in [0.1, 0.15) is 22.8 Å². The molecule has 34 heavy (non-hydrogen) atoms. The van der Waals surface area contributed by atoms with Crippen LogP contribution >= 0.6 is 0 Å². The molecular weight excluding hydrogens is 456 g/mol. The second-order valence-electron chi connectivity index (χ2n) is 7.31. The van der Waals surface area contributed by atoms with Crippen molar-refractivity contribution in [2.45, 2.75) is 18.7 Å². The summed E-state index contributed by atoms with van der Waals surface area (Å²) < 4.78 is 38.6. The van der Waals surface area contributed by atoms with Gasteiger partial charge in [-0.05, 0) is 55.8 Å². The van der Waals surface area contributed by atoms with Crippen LogP contribution in [0.3, 0.4) is 0 Å². The number of methoxy groups -OCH3 is 1. The van der Waals surface area contributed by atoms with E-state index in [1.165, 1.54) is 25.3 Å². The van der Waals surface area contributed by atoms with E-state index in [9.17, 15) is 18.0 Å². The van der Waals surface area contributed by atoms with Crippen LogP contribution in [0.15, 0.2) is 77.7 Å². The second-order valence-corrected chi connectivity index (χ2v) is 9.18. The lowest BCUT2D eigenvalue weighted by atomic mass is 10.1. The first-order chi connectivity index (χ1) is 16.3. The lowest BCUT2D eigenvalue weighted by Crippen LogP contribution is -2.38. The number of amides is 1. The third kappa shape index (κ3) is 5.55. The number of ether oxygens (including phenoxy) is 2. The minimum atomic E-state index is -4.13. The summed E-state index contributed by atoms with van der Waals surface area (Å²) in [6, 6.07) is 19.3. The fourth-order valence-electron chi connectivity index (χ4n) is 3.31. The number of carbonyl (C=O) groups excluding carboxylic acids is 2. The van der Waals surface area contributed by atoms with E-state index in [1.54, 1.807) is 61.5 Å². The number of esters is 1. The topological polar surface area (TPSA) is 102 Å². The summed E-state index contributed by atoms with van der Waals surface area (Å²) in [5.41, 5.74) is 1.40. The highest BCUT2D eigenvalue weighted by Gasteiger charge is 2.30. The van der Waals surface area contributed by atoms with Crippen molar-refractivity contribution >= 4 is 33.3 Å². The monoisotopic (exact) mass is 482 g/mol. The van der Waals surface area contributed by atoms with Gasteiger partial charge < -0.3 is 14.8 Å². The lowest BCUT2D eigenvalue weighted by Gasteiger charge is -2.26. The minimum Gasteiger partial charge on any atom is -0.495 e. The fourth-order valence-corrected chi connectivity index (χ4v) is 4.76. The molecule has 8 nitrogen and oxygen atoms in total. The average Bonchev–Trinajstić information content (AvgIpc) is 2.83. The van der Waals surface area contributed by atoms with E-state index in [0.29, 0.717) is 5.75 Å². The van der Waals surface area contributed by atoms with Gasteiger partial charge in [-0.15, -0.1) is 0 Å². The maximum absolute atomic E-state index is 13.6. The fraction of sp³-hybridized carbons (Fsp3) is 0.200. The van der Waals surface area contributed by atoms with Gasteiger partial charge in [-0.1, -0.05) is 36.4 Å². The molecule has 0 aliphatic carbocycles. The molecule has 0 aliphatic rings. The normalized spacial score (nSPS) is 10.9. The van der Waals surface area contributed by atoms with Crippen LogP contribution in [0, 0.1) is 6.92 Å². The van der Waals surface area contributed by atoms with Gasteiger partial charge in [0, 0.05) is 0 Å². The predicted molar refractivity (Wildman–Crippen MR) is 130 cm³/mol. The Kier molecular flexibility index (Phi) is 7.91. The van der Waals surface area contributed by atoms with Crippen LogP contribution in [0.2, 0.25) is 0 Å². The maximum Gasteiger partial charge on any atom is 0.340 e. The van der Waals surface area contributed by atoms with Crippen molar-refractivity contribution in [3.05, 3.63) is 83.9 Å². The lowest BCUT2D eigenvalue weighted by molar-refractivity contribution is -0.114. The molecule has 0 spiro atoms. The van der Waals surface area contributed by atoms with Crippen molar-refractivity contribution in [2.75, 3.05) is 29.9 Å². The Morgan fingerprint density at radius 1 is 0.971 bits per heavy atom. The Bertz CT molecular complexity index is 1280. The third-order valence-electron chi connectivity index (χ3n) is 4.92. The first-order valence-corrected chi connectivity index (χ1v) is 12.0. The van der Waals surface area contributed by atoms with Crippen LogP contribution in [0.5, 0.6) is 5.75 Å². The highest BCUT2D eigenvalue weighted by molar-refractivity contribution is 7.92. The van der Waals surface area contributed by atoms with E-state index < -0.39 is 28.4 Å². The first kappa shape index (κ1) is 24.8. The molecule has 0 atom stereocenters. The van der Waals surface area contributed by atoms with Crippen molar-refractivity contribution < 1.29 is 27.5 Å². The minimum absolute atomic E-state index is 0.0262. The number of carbonyl (C=O) groups is 2. The Morgan fingerprint density at radius 3 is 2.32 bits per heavy atom. The summed E-state index contributed by atoms with van der Waals surface area (Å²) in [6.07, 6.45) is 0. The van der Waals surface area contributed by atoms with Crippen molar-refractivity contribution in [3.8, 4) is 5.75 Å².